The smallest absolute Gasteiger partial charge is 0.261 e. The van der Waals surface area contributed by atoms with Gasteiger partial charge in [0.1, 0.15) is 17.1 Å². The lowest BCUT2D eigenvalue weighted by atomic mass is 10.1. The van der Waals surface area contributed by atoms with Crippen molar-refractivity contribution >= 4 is 17.5 Å². The van der Waals surface area contributed by atoms with Gasteiger partial charge in [-0.3, -0.25) is 4.79 Å². The first-order valence-electron chi connectivity index (χ1n) is 6.64. The summed E-state index contributed by atoms with van der Waals surface area (Å²) in [6.07, 6.45) is 0.753. The Morgan fingerprint density at radius 2 is 1.80 bits per heavy atom. The number of nitrogens with zero attached hydrogens (tertiary/aromatic N) is 1. The average molecular weight is 300 g/mol. The van der Waals surface area contributed by atoms with Crippen molar-refractivity contribution in [1.82, 2.24) is 4.90 Å². The molecule has 0 saturated heterocycles. The second-order valence-corrected chi connectivity index (χ2v) is 5.05. The van der Waals surface area contributed by atoms with E-state index in [1.165, 1.54) is 0 Å². The fraction of sp³-hybridized carbons (Fsp3) is 0.533. The van der Waals surface area contributed by atoms with Crippen LogP contribution in [0.1, 0.15) is 30.6 Å². The molecule has 0 atom stereocenters. The molecule has 0 radical (unpaired) electrons. The summed E-state index contributed by atoms with van der Waals surface area (Å²) in [5, 5.41) is 0. The van der Waals surface area contributed by atoms with Crippen molar-refractivity contribution in [2.24, 2.45) is 0 Å². The number of alkyl halides is 1. The van der Waals surface area contributed by atoms with E-state index in [1.807, 2.05) is 13.8 Å². The van der Waals surface area contributed by atoms with Crippen LogP contribution in [0.2, 0.25) is 0 Å². The summed E-state index contributed by atoms with van der Waals surface area (Å²) in [4.78, 5) is 14.6. The minimum absolute atomic E-state index is 0.0836. The van der Waals surface area contributed by atoms with E-state index < -0.39 is 0 Å². The summed E-state index contributed by atoms with van der Waals surface area (Å²) in [7, 11) is 3.09. The van der Waals surface area contributed by atoms with Gasteiger partial charge in [-0.2, -0.15) is 0 Å². The molecule has 0 aliphatic rings. The molecule has 0 unspecified atom stereocenters. The molecular weight excluding hydrogens is 278 g/mol. The number of hydrogen-bond donors (Lipinski definition) is 0. The molecule has 5 heteroatoms. The van der Waals surface area contributed by atoms with Gasteiger partial charge in [-0.05, 0) is 32.4 Å². The predicted molar refractivity (Wildman–Crippen MR) is 81.1 cm³/mol. The van der Waals surface area contributed by atoms with Crippen LogP contribution in [0.3, 0.4) is 0 Å². The molecule has 1 aromatic rings. The zero-order valence-corrected chi connectivity index (χ0v) is 13.2. The lowest BCUT2D eigenvalue weighted by Crippen LogP contribution is -2.38. The Morgan fingerprint density at radius 3 is 2.20 bits per heavy atom. The molecule has 0 N–H and O–H groups in total. The lowest BCUT2D eigenvalue weighted by Gasteiger charge is -2.28. The topological polar surface area (TPSA) is 38.8 Å². The molecule has 0 heterocycles. The molecular formula is C15H22ClNO3. The Morgan fingerprint density at radius 1 is 1.25 bits per heavy atom. The standard InChI is InChI=1S/C15H22ClNO3/c1-11(2)17(10-6-9-16)15(18)14-12(19-3)7-5-8-13(14)20-4/h5,7-8,11H,6,9-10H2,1-4H3. The highest BCUT2D eigenvalue weighted by Gasteiger charge is 2.25. The van der Waals surface area contributed by atoms with E-state index in [1.54, 1.807) is 37.3 Å². The second kappa shape index (κ2) is 8.00. The highest BCUT2D eigenvalue weighted by atomic mass is 35.5. The summed E-state index contributed by atoms with van der Waals surface area (Å²) < 4.78 is 10.6. The van der Waals surface area contributed by atoms with Crippen molar-refractivity contribution in [2.75, 3.05) is 26.6 Å². The van der Waals surface area contributed by atoms with Crippen molar-refractivity contribution in [3.8, 4) is 11.5 Å². The Bertz CT molecular complexity index is 426. The fourth-order valence-electron chi connectivity index (χ4n) is 2.03. The number of halogens is 1. The molecule has 20 heavy (non-hydrogen) atoms. The monoisotopic (exact) mass is 299 g/mol. The molecule has 1 amide bonds. The fourth-order valence-corrected chi connectivity index (χ4v) is 2.15. The molecule has 0 aliphatic carbocycles. The zero-order valence-electron chi connectivity index (χ0n) is 12.5. The van der Waals surface area contributed by atoms with Crippen molar-refractivity contribution in [1.29, 1.82) is 0 Å². The van der Waals surface area contributed by atoms with Crippen LogP contribution < -0.4 is 9.47 Å². The van der Waals surface area contributed by atoms with Crippen LogP contribution in [0.25, 0.3) is 0 Å². The van der Waals surface area contributed by atoms with Crippen LogP contribution in [0.15, 0.2) is 18.2 Å². The Kier molecular flexibility index (Phi) is 6.65. The molecule has 0 aromatic heterocycles. The van der Waals surface area contributed by atoms with Gasteiger partial charge in [0.05, 0.1) is 14.2 Å². The molecule has 0 saturated carbocycles. The van der Waals surface area contributed by atoms with Gasteiger partial charge >= 0.3 is 0 Å². The number of rotatable bonds is 7. The quantitative estimate of drug-likeness (QED) is 0.726. The van der Waals surface area contributed by atoms with Crippen molar-refractivity contribution in [3.05, 3.63) is 23.8 Å². The zero-order chi connectivity index (χ0) is 15.1. The van der Waals surface area contributed by atoms with Gasteiger partial charge < -0.3 is 14.4 Å². The summed E-state index contributed by atoms with van der Waals surface area (Å²) in [6, 6.07) is 5.40. The van der Waals surface area contributed by atoms with Gasteiger partial charge in [0.2, 0.25) is 0 Å². The first-order valence-corrected chi connectivity index (χ1v) is 7.18. The van der Waals surface area contributed by atoms with E-state index in [2.05, 4.69) is 0 Å². The van der Waals surface area contributed by atoms with Crippen molar-refractivity contribution in [3.63, 3.8) is 0 Å². The molecule has 0 bridgehead atoms. The molecule has 1 aromatic carbocycles. The van der Waals surface area contributed by atoms with Crippen LogP contribution in [0, 0.1) is 0 Å². The minimum Gasteiger partial charge on any atom is -0.496 e. The average Bonchev–Trinajstić information content (AvgIpc) is 2.45. The second-order valence-electron chi connectivity index (χ2n) is 4.67. The van der Waals surface area contributed by atoms with Crippen LogP contribution in [-0.2, 0) is 0 Å². The van der Waals surface area contributed by atoms with Crippen LogP contribution in [0.4, 0.5) is 0 Å². The van der Waals surface area contributed by atoms with Crippen molar-refractivity contribution < 1.29 is 14.3 Å². The van der Waals surface area contributed by atoms with E-state index in [0.717, 1.165) is 6.42 Å². The Hall–Kier alpha value is -1.42. The normalized spacial score (nSPS) is 10.5. The van der Waals surface area contributed by atoms with Gasteiger partial charge in [-0.25, -0.2) is 0 Å². The van der Waals surface area contributed by atoms with Gasteiger partial charge in [-0.15, -0.1) is 11.6 Å². The third-order valence-corrected chi connectivity index (χ3v) is 3.33. The number of hydrogen-bond acceptors (Lipinski definition) is 3. The van der Waals surface area contributed by atoms with Gasteiger partial charge in [-0.1, -0.05) is 6.07 Å². The number of carbonyl (C=O) groups excluding carboxylic acids is 1. The van der Waals surface area contributed by atoms with E-state index in [0.29, 0.717) is 29.5 Å². The molecule has 1 rings (SSSR count). The maximum absolute atomic E-state index is 12.8. The number of carbonyl (C=O) groups is 1. The van der Waals surface area contributed by atoms with Crippen LogP contribution >= 0.6 is 11.6 Å². The van der Waals surface area contributed by atoms with Gasteiger partial charge in [0, 0.05) is 18.5 Å². The summed E-state index contributed by atoms with van der Waals surface area (Å²) >= 11 is 5.73. The highest BCUT2D eigenvalue weighted by Crippen LogP contribution is 2.30. The first kappa shape index (κ1) is 16.6. The molecule has 4 nitrogen and oxygen atoms in total. The SMILES string of the molecule is COc1cccc(OC)c1C(=O)N(CCCCl)C(C)C. The largest absolute Gasteiger partial charge is 0.496 e. The summed E-state index contributed by atoms with van der Waals surface area (Å²) in [5.74, 6) is 1.47. The molecule has 112 valence electrons. The Balaban J connectivity index is 3.16. The third kappa shape index (κ3) is 3.79. The van der Waals surface area contributed by atoms with E-state index >= 15 is 0 Å². The Labute approximate surface area is 125 Å². The van der Waals surface area contributed by atoms with Crippen molar-refractivity contribution in [2.45, 2.75) is 26.3 Å². The van der Waals surface area contributed by atoms with E-state index in [-0.39, 0.29) is 11.9 Å². The van der Waals surface area contributed by atoms with Gasteiger partial charge in [0.15, 0.2) is 0 Å². The maximum atomic E-state index is 12.8. The summed E-state index contributed by atoms with van der Waals surface area (Å²) in [6.45, 7) is 4.57. The number of ether oxygens (including phenoxy) is 2. The van der Waals surface area contributed by atoms with E-state index in [4.69, 9.17) is 21.1 Å². The molecule has 0 aliphatic heterocycles. The number of methoxy groups -OCH3 is 2. The maximum Gasteiger partial charge on any atom is 0.261 e. The van der Waals surface area contributed by atoms with Crippen LogP contribution in [0.5, 0.6) is 11.5 Å². The minimum atomic E-state index is -0.0978. The van der Waals surface area contributed by atoms with E-state index in [9.17, 15) is 4.79 Å². The highest BCUT2D eigenvalue weighted by molar-refractivity contribution is 6.17. The third-order valence-electron chi connectivity index (χ3n) is 3.06. The predicted octanol–water partition coefficient (Wildman–Crippen LogP) is 3.18. The lowest BCUT2D eigenvalue weighted by molar-refractivity contribution is 0.0699. The van der Waals surface area contributed by atoms with Crippen LogP contribution in [-0.4, -0.2) is 43.5 Å². The number of benzene rings is 1. The molecule has 0 fully saturated rings. The van der Waals surface area contributed by atoms with Gasteiger partial charge in [0.25, 0.3) is 5.91 Å². The summed E-state index contributed by atoms with van der Waals surface area (Å²) in [5.41, 5.74) is 0.459. The first-order chi connectivity index (χ1) is 9.56. The number of amides is 1. The molecule has 0 spiro atoms.